The molecule has 35 heavy (non-hydrogen) atoms. The van der Waals surface area contributed by atoms with Gasteiger partial charge in [-0.25, -0.2) is 0 Å². The summed E-state index contributed by atoms with van der Waals surface area (Å²) < 4.78 is 0. The van der Waals surface area contributed by atoms with Gasteiger partial charge in [0.2, 0.25) is 11.8 Å². The fourth-order valence-corrected chi connectivity index (χ4v) is 3.42. The summed E-state index contributed by atoms with van der Waals surface area (Å²) in [6.45, 7) is 3.33. The molecule has 2 atom stereocenters. The summed E-state index contributed by atoms with van der Waals surface area (Å²) in [6.07, 6.45) is 0.136. The molecule has 0 radical (unpaired) electrons. The van der Waals surface area contributed by atoms with Gasteiger partial charge in [0.25, 0.3) is 5.91 Å². The molecule has 3 N–H and O–H groups in total. The maximum atomic E-state index is 13.5. The van der Waals surface area contributed by atoms with Crippen LogP contribution >= 0.6 is 0 Å². The van der Waals surface area contributed by atoms with Crippen molar-refractivity contribution in [3.63, 3.8) is 0 Å². The van der Waals surface area contributed by atoms with Crippen molar-refractivity contribution in [2.45, 2.75) is 45.3 Å². The number of carbonyl (C=O) groups excluding carboxylic acids is 4. The molecule has 2 rings (SSSR count). The van der Waals surface area contributed by atoms with Crippen LogP contribution in [0.1, 0.15) is 42.6 Å². The number of nitrogens with one attached hydrogen (secondary N) is 2. The van der Waals surface area contributed by atoms with E-state index in [1.165, 1.54) is 4.90 Å². The van der Waals surface area contributed by atoms with E-state index in [0.29, 0.717) is 11.8 Å². The van der Waals surface area contributed by atoms with E-state index in [-0.39, 0.29) is 31.8 Å². The third-order valence-electron chi connectivity index (χ3n) is 5.30. The van der Waals surface area contributed by atoms with Crippen LogP contribution < -0.4 is 10.6 Å². The van der Waals surface area contributed by atoms with Crippen LogP contribution in [0.15, 0.2) is 60.7 Å². The molecule has 0 heterocycles. The Balaban J connectivity index is 2.20. The van der Waals surface area contributed by atoms with E-state index in [1.807, 2.05) is 30.3 Å². The lowest BCUT2D eigenvalue weighted by Gasteiger charge is -2.30. The average molecular weight is 482 g/mol. The zero-order valence-corrected chi connectivity index (χ0v) is 19.8. The molecule has 0 bridgehead atoms. The number of aldehydes is 1. The minimum Gasteiger partial charge on any atom is -0.481 e. The third-order valence-corrected chi connectivity index (χ3v) is 5.30. The van der Waals surface area contributed by atoms with Crippen molar-refractivity contribution in [3.05, 3.63) is 71.8 Å². The van der Waals surface area contributed by atoms with Gasteiger partial charge in [-0.3, -0.25) is 19.2 Å². The first-order valence-electron chi connectivity index (χ1n) is 11.4. The highest BCUT2D eigenvalue weighted by Crippen LogP contribution is 2.12. The van der Waals surface area contributed by atoms with Crippen LogP contribution in [0, 0.1) is 5.92 Å². The van der Waals surface area contributed by atoms with Gasteiger partial charge < -0.3 is 25.4 Å². The average Bonchev–Trinajstić information content (AvgIpc) is 2.85. The molecular weight excluding hydrogens is 450 g/mol. The van der Waals surface area contributed by atoms with E-state index in [4.69, 9.17) is 5.11 Å². The van der Waals surface area contributed by atoms with Gasteiger partial charge in [-0.2, -0.15) is 0 Å². The summed E-state index contributed by atoms with van der Waals surface area (Å²) in [5.41, 5.74) is 1.19. The monoisotopic (exact) mass is 481 g/mol. The molecule has 0 fully saturated rings. The molecule has 2 aromatic rings. The summed E-state index contributed by atoms with van der Waals surface area (Å²) in [7, 11) is 0. The molecule has 0 aromatic heterocycles. The zero-order chi connectivity index (χ0) is 25.8. The van der Waals surface area contributed by atoms with Crippen molar-refractivity contribution in [1.29, 1.82) is 0 Å². The maximum Gasteiger partial charge on any atom is 0.303 e. The summed E-state index contributed by atoms with van der Waals surface area (Å²) in [5.74, 6) is -2.81. The molecule has 9 nitrogen and oxygen atoms in total. The topological polar surface area (TPSA) is 133 Å². The second-order valence-electron chi connectivity index (χ2n) is 8.48. The highest BCUT2D eigenvalue weighted by atomic mass is 16.4. The van der Waals surface area contributed by atoms with Crippen LogP contribution in [0.5, 0.6) is 0 Å². The summed E-state index contributed by atoms with van der Waals surface area (Å²) >= 11 is 0. The van der Waals surface area contributed by atoms with E-state index >= 15 is 0 Å². The third kappa shape index (κ3) is 9.04. The highest BCUT2D eigenvalue weighted by Gasteiger charge is 2.30. The van der Waals surface area contributed by atoms with Gasteiger partial charge in [0.05, 0.1) is 12.6 Å². The molecule has 0 aliphatic carbocycles. The van der Waals surface area contributed by atoms with E-state index in [0.717, 1.165) is 5.56 Å². The van der Waals surface area contributed by atoms with Crippen LogP contribution in [0.3, 0.4) is 0 Å². The number of amides is 3. The fraction of sp³-hybridized carbons (Fsp3) is 0.346. The molecule has 3 amide bonds. The van der Waals surface area contributed by atoms with E-state index in [2.05, 4.69) is 10.6 Å². The Kier molecular flexibility index (Phi) is 10.6. The Labute approximate surface area is 204 Å². The molecule has 0 aliphatic rings. The predicted molar refractivity (Wildman–Crippen MR) is 129 cm³/mol. The van der Waals surface area contributed by atoms with E-state index < -0.39 is 35.8 Å². The number of benzene rings is 2. The van der Waals surface area contributed by atoms with Crippen molar-refractivity contribution in [2.75, 3.05) is 6.54 Å². The second kappa shape index (κ2) is 13.6. The Morgan fingerprint density at radius 2 is 1.54 bits per heavy atom. The summed E-state index contributed by atoms with van der Waals surface area (Å²) in [5, 5.41) is 14.1. The number of rotatable bonds is 13. The molecule has 186 valence electrons. The first-order valence-corrected chi connectivity index (χ1v) is 11.4. The quantitative estimate of drug-likeness (QED) is 0.375. The molecule has 0 saturated heterocycles. The van der Waals surface area contributed by atoms with Crippen molar-refractivity contribution >= 4 is 30.0 Å². The Bertz CT molecular complexity index is 1010. The smallest absolute Gasteiger partial charge is 0.303 e. The van der Waals surface area contributed by atoms with Crippen LogP contribution in [-0.4, -0.2) is 58.6 Å². The summed E-state index contributed by atoms with van der Waals surface area (Å²) in [4.78, 5) is 62.4. The van der Waals surface area contributed by atoms with Gasteiger partial charge >= 0.3 is 5.97 Å². The number of hydrogen-bond donors (Lipinski definition) is 3. The fourth-order valence-electron chi connectivity index (χ4n) is 3.42. The van der Waals surface area contributed by atoms with Crippen LogP contribution in [0.4, 0.5) is 0 Å². The minimum atomic E-state index is -1.08. The van der Waals surface area contributed by atoms with Crippen LogP contribution in [0.2, 0.25) is 0 Å². The van der Waals surface area contributed by atoms with Gasteiger partial charge in [0.1, 0.15) is 12.3 Å². The second-order valence-corrected chi connectivity index (χ2v) is 8.48. The Morgan fingerprint density at radius 1 is 0.943 bits per heavy atom. The number of nitrogens with zero attached hydrogens (tertiary/aromatic N) is 1. The number of aliphatic carboxylic acids is 1. The van der Waals surface area contributed by atoms with Gasteiger partial charge in [-0.15, -0.1) is 0 Å². The number of carbonyl (C=O) groups is 5. The van der Waals surface area contributed by atoms with Gasteiger partial charge in [0, 0.05) is 18.5 Å². The van der Waals surface area contributed by atoms with Crippen LogP contribution in [0.25, 0.3) is 0 Å². The number of carboxylic acids is 1. The van der Waals surface area contributed by atoms with E-state index in [9.17, 15) is 24.0 Å². The van der Waals surface area contributed by atoms with Crippen molar-refractivity contribution in [1.82, 2.24) is 15.5 Å². The maximum absolute atomic E-state index is 13.5. The van der Waals surface area contributed by atoms with Crippen molar-refractivity contribution < 1.29 is 29.1 Å². The normalized spacial score (nSPS) is 12.3. The highest BCUT2D eigenvalue weighted by molar-refractivity contribution is 5.98. The molecule has 2 aromatic carbocycles. The largest absolute Gasteiger partial charge is 0.481 e. The SMILES string of the molecule is CC(C)C(NC(=O)c1ccccc1)C(=O)N(CC(=O)NC(C=O)CCC(=O)O)Cc1ccccc1. The van der Waals surface area contributed by atoms with Crippen LogP contribution in [-0.2, 0) is 25.7 Å². The van der Waals surface area contributed by atoms with Gasteiger partial charge in [-0.05, 0) is 30.0 Å². The Morgan fingerprint density at radius 3 is 2.09 bits per heavy atom. The molecule has 2 unspecified atom stereocenters. The lowest BCUT2D eigenvalue weighted by atomic mass is 10.0. The van der Waals surface area contributed by atoms with Crippen molar-refractivity contribution in [3.8, 4) is 0 Å². The zero-order valence-electron chi connectivity index (χ0n) is 19.8. The number of hydrogen-bond acceptors (Lipinski definition) is 5. The molecule has 0 spiro atoms. The predicted octanol–water partition coefficient (Wildman–Crippen LogP) is 2.02. The molecule has 9 heteroatoms. The van der Waals surface area contributed by atoms with Gasteiger partial charge in [0.15, 0.2) is 0 Å². The molecule has 0 aliphatic heterocycles. The summed E-state index contributed by atoms with van der Waals surface area (Å²) in [6, 6.07) is 15.7. The first kappa shape index (κ1) is 27.2. The van der Waals surface area contributed by atoms with E-state index in [1.54, 1.807) is 44.2 Å². The molecule has 0 saturated carbocycles. The van der Waals surface area contributed by atoms with Gasteiger partial charge in [-0.1, -0.05) is 62.4 Å². The lowest BCUT2D eigenvalue weighted by Crippen LogP contribution is -2.53. The first-order chi connectivity index (χ1) is 16.7. The minimum absolute atomic E-state index is 0.0566. The molecular formula is C26H31N3O6. The number of carboxylic acid groups (broad SMARTS) is 1. The lowest BCUT2D eigenvalue weighted by molar-refractivity contribution is -0.139. The van der Waals surface area contributed by atoms with Crippen molar-refractivity contribution in [2.24, 2.45) is 5.92 Å². The standard InChI is InChI=1S/C26H31N3O6/c1-18(2)24(28-25(34)20-11-7-4-8-12-20)26(35)29(15-19-9-5-3-6-10-19)16-22(31)27-21(17-30)13-14-23(32)33/h3-12,17-18,21,24H,13-16H2,1-2H3,(H,27,31)(H,28,34)(H,32,33). The Hall–Kier alpha value is -4.01.